The number of aryl methyl sites for hydroxylation is 1. The van der Waals surface area contributed by atoms with Gasteiger partial charge in [-0.2, -0.15) is 13.2 Å². The first-order valence-corrected chi connectivity index (χ1v) is 8.68. The molecule has 5 nitrogen and oxygen atoms in total. The summed E-state index contributed by atoms with van der Waals surface area (Å²) in [5, 5.41) is 13.7. The number of carbonyl (C=O) groups is 2. The van der Waals surface area contributed by atoms with Crippen molar-refractivity contribution in [3.05, 3.63) is 71.0 Å². The molecule has 2 N–H and O–H groups in total. The number of rotatable bonds is 4. The zero-order chi connectivity index (χ0) is 21.3. The van der Waals surface area contributed by atoms with E-state index in [1.165, 1.54) is 19.1 Å². The molecule has 1 unspecified atom stereocenters. The third kappa shape index (κ3) is 4.06. The highest BCUT2D eigenvalue weighted by Crippen LogP contribution is 2.31. The normalized spacial score (nSPS) is 12.6. The summed E-state index contributed by atoms with van der Waals surface area (Å²) >= 11 is 0. The van der Waals surface area contributed by atoms with E-state index in [4.69, 9.17) is 0 Å². The zero-order valence-electron chi connectivity index (χ0n) is 15.5. The summed E-state index contributed by atoms with van der Waals surface area (Å²) in [4.78, 5) is 28.3. The van der Waals surface area contributed by atoms with E-state index >= 15 is 0 Å². The molecule has 0 aliphatic heterocycles. The molecule has 0 saturated heterocycles. The first-order valence-electron chi connectivity index (χ1n) is 8.68. The summed E-state index contributed by atoms with van der Waals surface area (Å²) in [6.45, 7) is 2.93. The second-order valence-corrected chi connectivity index (χ2v) is 6.66. The number of alkyl halides is 3. The lowest BCUT2D eigenvalue weighted by atomic mass is 9.92. The third-order valence-electron chi connectivity index (χ3n) is 4.59. The van der Waals surface area contributed by atoms with E-state index in [9.17, 15) is 27.9 Å². The molecule has 0 bridgehead atoms. The fourth-order valence-electron chi connectivity index (χ4n) is 3.16. The van der Waals surface area contributed by atoms with Crippen molar-refractivity contribution in [2.75, 3.05) is 0 Å². The summed E-state index contributed by atoms with van der Waals surface area (Å²) in [6.07, 6.45) is -1.84. The molecule has 0 aliphatic rings. The Morgan fingerprint density at radius 2 is 1.90 bits per heavy atom. The second-order valence-electron chi connectivity index (χ2n) is 6.66. The summed E-state index contributed by atoms with van der Waals surface area (Å²) in [5.74, 6) is -2.87. The Labute approximate surface area is 164 Å². The van der Waals surface area contributed by atoms with Crippen LogP contribution < -0.4 is 5.32 Å². The number of nitrogens with one attached hydrogen (secondary N) is 1. The minimum Gasteiger partial charge on any atom is -0.507 e. The molecule has 2 aromatic carbocycles. The van der Waals surface area contributed by atoms with Gasteiger partial charge >= 0.3 is 12.1 Å². The number of phenols is 1. The van der Waals surface area contributed by atoms with Crippen LogP contribution in [0, 0.1) is 6.92 Å². The van der Waals surface area contributed by atoms with Gasteiger partial charge in [-0.1, -0.05) is 24.3 Å². The molecule has 0 saturated carbocycles. The zero-order valence-corrected chi connectivity index (χ0v) is 15.5. The van der Waals surface area contributed by atoms with Crippen molar-refractivity contribution in [2.45, 2.75) is 26.1 Å². The van der Waals surface area contributed by atoms with E-state index in [1.54, 1.807) is 43.6 Å². The minimum absolute atomic E-state index is 0.0485. The van der Waals surface area contributed by atoms with Crippen molar-refractivity contribution < 1.29 is 27.9 Å². The van der Waals surface area contributed by atoms with Crippen molar-refractivity contribution in [3.8, 4) is 5.75 Å². The molecule has 8 heteroatoms. The van der Waals surface area contributed by atoms with Gasteiger partial charge < -0.3 is 10.4 Å². The van der Waals surface area contributed by atoms with Crippen LogP contribution in [-0.2, 0) is 4.79 Å². The maximum absolute atomic E-state index is 13.1. The number of carbonyl (C=O) groups excluding carboxylic acids is 2. The lowest BCUT2D eigenvalue weighted by Gasteiger charge is -2.18. The number of halogens is 3. The van der Waals surface area contributed by atoms with Gasteiger partial charge in [0.1, 0.15) is 5.75 Å². The molecular formula is C21H17F3N2O3. The molecule has 1 atom stereocenters. The Morgan fingerprint density at radius 1 is 1.17 bits per heavy atom. The quantitative estimate of drug-likeness (QED) is 0.641. The van der Waals surface area contributed by atoms with Gasteiger partial charge in [-0.15, -0.1) is 0 Å². The summed E-state index contributed by atoms with van der Waals surface area (Å²) < 4.78 is 37.4. The van der Waals surface area contributed by atoms with Crippen LogP contribution in [0.15, 0.2) is 48.8 Å². The van der Waals surface area contributed by atoms with Gasteiger partial charge in [-0.25, -0.2) is 0 Å². The Bertz CT molecular complexity index is 1080. The van der Waals surface area contributed by atoms with E-state index in [1.807, 2.05) is 5.32 Å². The van der Waals surface area contributed by atoms with Crippen LogP contribution >= 0.6 is 0 Å². The number of amides is 1. The Kier molecular flexibility index (Phi) is 5.28. The summed E-state index contributed by atoms with van der Waals surface area (Å²) in [6, 6.07) is 8.48. The highest BCUT2D eigenvalue weighted by Gasteiger charge is 2.39. The van der Waals surface area contributed by atoms with Gasteiger partial charge in [-0.3, -0.25) is 14.6 Å². The number of fused-ring (bicyclic) bond motifs is 1. The number of nitrogens with zero attached hydrogens (tertiary/aromatic N) is 1. The van der Waals surface area contributed by atoms with Crippen LogP contribution in [0.3, 0.4) is 0 Å². The minimum atomic E-state index is -5.01. The van der Waals surface area contributed by atoms with E-state index < -0.39 is 23.9 Å². The smallest absolute Gasteiger partial charge is 0.471 e. The molecule has 3 rings (SSSR count). The molecule has 3 aromatic rings. The molecule has 0 aliphatic carbocycles. The number of aromatic hydroxyl groups is 1. The van der Waals surface area contributed by atoms with Gasteiger partial charge in [0.25, 0.3) is 0 Å². The van der Waals surface area contributed by atoms with Gasteiger partial charge in [0, 0.05) is 23.3 Å². The predicted octanol–water partition coefficient (Wildman–Crippen LogP) is 4.22. The SMILES string of the molecule is Cc1cc(C(C)NC(=O)C(F)(F)F)cc(O)c1C(=O)c1cccc2cnccc12. The molecule has 1 heterocycles. The maximum atomic E-state index is 13.1. The average molecular weight is 402 g/mol. The lowest BCUT2D eigenvalue weighted by Crippen LogP contribution is -2.38. The number of benzene rings is 2. The van der Waals surface area contributed by atoms with Gasteiger partial charge in [0.2, 0.25) is 0 Å². The van der Waals surface area contributed by atoms with E-state index in [0.717, 1.165) is 5.39 Å². The summed E-state index contributed by atoms with van der Waals surface area (Å²) in [5.41, 5.74) is 1.04. The van der Waals surface area contributed by atoms with Crippen LogP contribution in [-0.4, -0.2) is 28.0 Å². The molecule has 150 valence electrons. The van der Waals surface area contributed by atoms with E-state index in [2.05, 4.69) is 4.98 Å². The van der Waals surface area contributed by atoms with Crippen molar-refractivity contribution in [1.29, 1.82) is 0 Å². The largest absolute Gasteiger partial charge is 0.507 e. The topological polar surface area (TPSA) is 79.3 Å². The number of aromatic nitrogens is 1. The Balaban J connectivity index is 1.97. The second kappa shape index (κ2) is 7.54. The highest BCUT2D eigenvalue weighted by atomic mass is 19.4. The molecule has 29 heavy (non-hydrogen) atoms. The average Bonchev–Trinajstić information content (AvgIpc) is 2.66. The Hall–Kier alpha value is -3.42. The molecular weight excluding hydrogens is 385 g/mol. The summed E-state index contributed by atoms with van der Waals surface area (Å²) in [7, 11) is 0. The Morgan fingerprint density at radius 3 is 2.55 bits per heavy atom. The van der Waals surface area contributed by atoms with Crippen molar-refractivity contribution >= 4 is 22.5 Å². The van der Waals surface area contributed by atoms with Gasteiger partial charge in [0.05, 0.1) is 11.6 Å². The molecule has 0 fully saturated rings. The van der Waals surface area contributed by atoms with Gasteiger partial charge in [-0.05, 0) is 42.5 Å². The fourth-order valence-corrected chi connectivity index (χ4v) is 3.16. The highest BCUT2D eigenvalue weighted by molar-refractivity contribution is 6.18. The number of pyridine rings is 1. The van der Waals surface area contributed by atoms with Crippen LogP contribution in [0.2, 0.25) is 0 Å². The van der Waals surface area contributed by atoms with Crippen LogP contribution in [0.5, 0.6) is 5.75 Å². The van der Waals surface area contributed by atoms with Gasteiger partial charge in [0.15, 0.2) is 5.78 Å². The number of phenolic OH excluding ortho intramolecular Hbond substituents is 1. The van der Waals surface area contributed by atoms with Crippen molar-refractivity contribution in [1.82, 2.24) is 10.3 Å². The molecule has 0 spiro atoms. The van der Waals surface area contributed by atoms with Crippen LogP contribution in [0.1, 0.15) is 40.0 Å². The number of hydrogen-bond acceptors (Lipinski definition) is 4. The molecule has 1 amide bonds. The standard InChI is InChI=1S/C21H17F3N2O3/c1-11-8-14(12(2)26-20(29)21(22,23)24)9-17(27)18(11)19(28)16-5-3-4-13-10-25-7-6-15(13)16/h3-10,12,27H,1-2H3,(H,26,29). The monoisotopic (exact) mass is 402 g/mol. The van der Waals surface area contributed by atoms with E-state index in [-0.39, 0.29) is 16.9 Å². The maximum Gasteiger partial charge on any atom is 0.471 e. The molecule has 1 aromatic heterocycles. The fraction of sp³-hybridized carbons (Fsp3) is 0.190. The first-order chi connectivity index (χ1) is 13.6. The van der Waals surface area contributed by atoms with Crippen molar-refractivity contribution in [2.24, 2.45) is 0 Å². The lowest BCUT2D eigenvalue weighted by molar-refractivity contribution is -0.174. The third-order valence-corrected chi connectivity index (χ3v) is 4.59. The van der Waals surface area contributed by atoms with Crippen LogP contribution in [0.25, 0.3) is 10.8 Å². The van der Waals surface area contributed by atoms with E-state index in [0.29, 0.717) is 16.5 Å². The molecule has 0 radical (unpaired) electrons. The van der Waals surface area contributed by atoms with Crippen LogP contribution in [0.4, 0.5) is 13.2 Å². The number of hydrogen-bond donors (Lipinski definition) is 2. The first kappa shape index (κ1) is 20.3. The predicted molar refractivity (Wildman–Crippen MR) is 101 cm³/mol. The number of ketones is 1. The van der Waals surface area contributed by atoms with Crippen molar-refractivity contribution in [3.63, 3.8) is 0 Å².